The molecule has 0 radical (unpaired) electrons. The minimum atomic E-state index is -5.42. The van der Waals surface area contributed by atoms with Gasteiger partial charge in [0.25, 0.3) is 0 Å². The van der Waals surface area contributed by atoms with Crippen LogP contribution in [0.3, 0.4) is 0 Å². The van der Waals surface area contributed by atoms with Crippen LogP contribution in [0.25, 0.3) is 0 Å². The number of hydrogen-bond acceptors (Lipinski definition) is 8. The Bertz CT molecular complexity index is 259. The molecule has 13 heavy (non-hydrogen) atoms. The molecular weight excluding hydrogens is 207 g/mol. The number of carbonyl (C=O) groups excluding carboxylic acids is 2. The first-order valence-corrected chi connectivity index (χ1v) is 4.38. The van der Waals surface area contributed by atoms with Crippen LogP contribution in [0.15, 0.2) is 0 Å². The second kappa shape index (κ2) is 4.33. The van der Waals surface area contributed by atoms with Crippen LogP contribution in [0, 0.1) is 0 Å². The fourth-order valence-corrected chi connectivity index (χ4v) is 0.935. The molecule has 8 nitrogen and oxygen atoms in total. The summed E-state index contributed by atoms with van der Waals surface area (Å²) in [6, 6.07) is 0. The number of hydrogen-bond donors (Lipinski definition) is 1. The summed E-state index contributed by atoms with van der Waals surface area (Å²) < 4.78 is 13.9. The molecule has 0 aliphatic rings. The average Bonchev–Trinajstić information content (AvgIpc) is 1.99. The molecule has 0 aromatic heterocycles. The van der Waals surface area contributed by atoms with Gasteiger partial charge >= 0.3 is 0 Å². The summed E-state index contributed by atoms with van der Waals surface area (Å²) >= 11 is 0. The smallest absolute Gasteiger partial charge is 0.181 e. The Balaban J connectivity index is 4.49. The Labute approximate surface area is 71.9 Å². The van der Waals surface area contributed by atoms with E-state index in [1.807, 2.05) is 0 Å². The van der Waals surface area contributed by atoms with Gasteiger partial charge in [-0.25, -0.2) is 0 Å². The van der Waals surface area contributed by atoms with E-state index in [1.165, 1.54) is 0 Å². The number of carboxylic acids is 1. The van der Waals surface area contributed by atoms with Crippen molar-refractivity contribution in [2.45, 2.75) is 6.10 Å². The molecule has 0 heterocycles. The number of carboxylic acid groups (broad SMARTS) is 2. The van der Waals surface area contributed by atoms with Crippen molar-refractivity contribution in [3.8, 4) is 0 Å². The summed E-state index contributed by atoms with van der Waals surface area (Å²) in [5.41, 5.74) is -2.56. The first-order valence-electron chi connectivity index (χ1n) is 2.84. The van der Waals surface area contributed by atoms with Crippen LogP contribution in [-0.2, 0) is 13.9 Å². The van der Waals surface area contributed by atoms with Gasteiger partial charge in [0, 0.05) is 0 Å². The van der Waals surface area contributed by atoms with Crippen molar-refractivity contribution >= 4 is 19.3 Å². The summed E-state index contributed by atoms with van der Waals surface area (Å²) in [6.07, 6.45) is -2.23. The molecule has 2 unspecified atom stereocenters. The average molecular weight is 211 g/mol. The highest BCUT2D eigenvalue weighted by molar-refractivity contribution is 7.68. The zero-order chi connectivity index (χ0) is 10.6. The summed E-state index contributed by atoms with van der Waals surface area (Å²) in [4.78, 5) is 30.1. The molecule has 76 valence electrons. The largest absolute Gasteiger partial charge is 0.774 e. The fourth-order valence-electron chi connectivity index (χ4n) is 0.361. The second-order valence-electron chi connectivity index (χ2n) is 1.86. The first kappa shape index (κ1) is 12.0. The molecule has 0 rings (SSSR count). The summed E-state index contributed by atoms with van der Waals surface area (Å²) in [5, 5.41) is 28.0. The second-order valence-corrected chi connectivity index (χ2v) is 3.43. The van der Waals surface area contributed by atoms with E-state index in [0.717, 1.165) is 0 Å². The van der Waals surface area contributed by atoms with Crippen molar-refractivity contribution in [1.82, 2.24) is 0 Å². The third kappa shape index (κ3) is 3.51. The Morgan fingerprint density at radius 3 is 2.15 bits per heavy atom. The number of aliphatic hydroxyl groups excluding tert-OH is 1. The van der Waals surface area contributed by atoms with Crippen molar-refractivity contribution in [2.75, 3.05) is 6.61 Å². The topological polar surface area (TPSA) is 150 Å². The summed E-state index contributed by atoms with van der Waals surface area (Å²) in [7, 11) is -5.42. The predicted octanol–water partition coefficient (Wildman–Crippen LogP) is -3.99. The molecule has 0 amide bonds. The van der Waals surface area contributed by atoms with E-state index in [-0.39, 0.29) is 0 Å². The highest BCUT2D eigenvalue weighted by Gasteiger charge is 2.18. The summed E-state index contributed by atoms with van der Waals surface area (Å²) in [5.74, 6) is -2.04. The maximum atomic E-state index is 10.3. The highest BCUT2D eigenvalue weighted by Crippen LogP contribution is 2.37. The fraction of sp³-hybridized carbons (Fsp3) is 0.500. The molecule has 0 bridgehead atoms. The minimum absolute atomic E-state index is 1.22. The number of carbonyl (C=O) groups is 2. The molecule has 0 aliphatic carbocycles. The zero-order valence-electron chi connectivity index (χ0n) is 6.04. The Kier molecular flexibility index (Phi) is 4.02. The van der Waals surface area contributed by atoms with E-state index >= 15 is 0 Å². The number of aliphatic hydroxyl groups is 1. The molecule has 0 aromatic rings. The lowest BCUT2D eigenvalue weighted by atomic mass is 10.4. The number of rotatable bonds is 5. The van der Waals surface area contributed by atoms with E-state index in [0.29, 0.717) is 0 Å². The van der Waals surface area contributed by atoms with Crippen molar-refractivity contribution in [3.05, 3.63) is 0 Å². The van der Waals surface area contributed by atoms with Gasteiger partial charge in [-0.05, 0) is 0 Å². The van der Waals surface area contributed by atoms with E-state index in [9.17, 15) is 29.3 Å². The van der Waals surface area contributed by atoms with Crippen molar-refractivity contribution < 1.29 is 38.9 Å². The van der Waals surface area contributed by atoms with Gasteiger partial charge in [-0.3, -0.25) is 0 Å². The van der Waals surface area contributed by atoms with Crippen LogP contribution >= 0.6 is 7.60 Å². The quantitative estimate of drug-likeness (QED) is 0.452. The Morgan fingerprint density at radius 2 is 1.92 bits per heavy atom. The van der Waals surface area contributed by atoms with Gasteiger partial charge < -0.3 is 38.9 Å². The maximum Gasteiger partial charge on any atom is 0.181 e. The van der Waals surface area contributed by atoms with Gasteiger partial charge in [0.15, 0.2) is 7.60 Å². The molecule has 0 saturated heterocycles. The molecule has 0 spiro atoms. The van der Waals surface area contributed by atoms with Crippen LogP contribution in [0.5, 0.6) is 0 Å². The molecule has 0 aliphatic heterocycles. The van der Waals surface area contributed by atoms with Crippen molar-refractivity contribution in [2.24, 2.45) is 0 Å². The van der Waals surface area contributed by atoms with Crippen LogP contribution in [0.4, 0.5) is 4.79 Å². The third-order valence-electron chi connectivity index (χ3n) is 0.918. The van der Waals surface area contributed by atoms with Crippen LogP contribution in [0.1, 0.15) is 0 Å². The monoisotopic (exact) mass is 211 g/mol. The van der Waals surface area contributed by atoms with Crippen LogP contribution < -0.4 is 15.1 Å². The van der Waals surface area contributed by atoms with Gasteiger partial charge in [-0.15, -0.1) is 0 Å². The molecule has 1 N–H and O–H groups in total. The highest BCUT2D eigenvalue weighted by atomic mass is 31.2. The lowest BCUT2D eigenvalue weighted by Gasteiger charge is -2.28. The van der Waals surface area contributed by atoms with Crippen molar-refractivity contribution in [1.29, 1.82) is 0 Å². The third-order valence-corrected chi connectivity index (χ3v) is 1.90. The van der Waals surface area contributed by atoms with E-state index < -0.39 is 32.0 Å². The Morgan fingerprint density at radius 1 is 1.46 bits per heavy atom. The van der Waals surface area contributed by atoms with E-state index in [1.54, 1.807) is 0 Å². The van der Waals surface area contributed by atoms with Gasteiger partial charge in [0.2, 0.25) is 0 Å². The lowest BCUT2D eigenvalue weighted by Crippen LogP contribution is -2.41. The summed E-state index contributed by atoms with van der Waals surface area (Å²) in [6.45, 7) is -1.22. The molecule has 2 atom stereocenters. The van der Waals surface area contributed by atoms with E-state index in [2.05, 4.69) is 4.52 Å². The molecule has 0 aromatic carbocycles. The van der Waals surface area contributed by atoms with Gasteiger partial charge in [0.05, 0.1) is 12.6 Å². The van der Waals surface area contributed by atoms with Crippen LogP contribution in [0.2, 0.25) is 0 Å². The van der Waals surface area contributed by atoms with Crippen LogP contribution in [-0.4, -0.2) is 29.5 Å². The molecular formula is C4H4O8P-3. The maximum absolute atomic E-state index is 10.3. The predicted molar refractivity (Wildman–Crippen MR) is 30.0 cm³/mol. The lowest BCUT2D eigenvalue weighted by molar-refractivity contribution is -0.317. The standard InChI is InChI=1S/C4H7O8P/c5-1-2(3(6)7)12-13(10,11)4(8)9/h2,5H,1H2,(H,6,7)(H,8,9)(H,10,11)/p-3. The molecule has 9 heteroatoms. The molecule has 0 fully saturated rings. The van der Waals surface area contributed by atoms with Crippen molar-refractivity contribution in [3.63, 3.8) is 0 Å². The first-order chi connectivity index (χ1) is 5.81. The van der Waals surface area contributed by atoms with E-state index in [4.69, 9.17) is 5.11 Å². The number of aliphatic carboxylic acids is 1. The zero-order valence-corrected chi connectivity index (χ0v) is 6.93. The SMILES string of the molecule is O=C([O-])C(CO)OP(=O)([O-])C(=O)[O-]. The Hall–Kier alpha value is -0.950. The van der Waals surface area contributed by atoms with Gasteiger partial charge in [0.1, 0.15) is 11.8 Å². The van der Waals surface area contributed by atoms with Gasteiger partial charge in [-0.1, -0.05) is 0 Å². The van der Waals surface area contributed by atoms with Gasteiger partial charge in [-0.2, -0.15) is 0 Å². The molecule has 0 saturated carbocycles. The minimum Gasteiger partial charge on any atom is -0.774 e. The normalized spacial score (nSPS) is 17.4.